The largest absolute Gasteiger partial charge is 0.349 e. The van der Waals surface area contributed by atoms with Crippen molar-refractivity contribution in [3.63, 3.8) is 0 Å². The van der Waals surface area contributed by atoms with Crippen molar-refractivity contribution in [3.05, 3.63) is 30.3 Å². The van der Waals surface area contributed by atoms with E-state index in [4.69, 9.17) is 9.98 Å². The van der Waals surface area contributed by atoms with E-state index in [-0.39, 0.29) is 0 Å². The van der Waals surface area contributed by atoms with Crippen LogP contribution in [0.3, 0.4) is 0 Å². The Balaban J connectivity index is 2.28. The first-order valence-corrected chi connectivity index (χ1v) is 8.97. The van der Waals surface area contributed by atoms with Gasteiger partial charge in [0, 0.05) is 33.4 Å². The van der Waals surface area contributed by atoms with Crippen LogP contribution in [-0.2, 0) is 0 Å². The van der Waals surface area contributed by atoms with Crippen molar-refractivity contribution in [2.24, 2.45) is 9.98 Å². The summed E-state index contributed by atoms with van der Waals surface area (Å²) < 4.78 is 0. The second-order valence-corrected chi connectivity index (χ2v) is 6.56. The molecule has 0 bridgehead atoms. The van der Waals surface area contributed by atoms with Crippen molar-refractivity contribution in [1.82, 2.24) is 9.80 Å². The van der Waals surface area contributed by atoms with E-state index in [0.717, 1.165) is 31.0 Å². The van der Waals surface area contributed by atoms with Crippen LogP contribution in [0.15, 0.2) is 40.3 Å². The molecule has 1 fully saturated rings. The maximum atomic E-state index is 4.93. The molecule has 24 heavy (non-hydrogen) atoms. The zero-order chi connectivity index (χ0) is 17.4. The maximum Gasteiger partial charge on any atom is 0.226 e. The molecule has 0 radical (unpaired) electrons. The van der Waals surface area contributed by atoms with Crippen LogP contribution < -0.4 is 5.32 Å². The molecule has 1 aliphatic rings. The van der Waals surface area contributed by atoms with Crippen molar-refractivity contribution in [2.75, 3.05) is 33.0 Å². The number of aliphatic imine (C=N–C) groups is 2. The second kappa shape index (κ2) is 9.30. The van der Waals surface area contributed by atoms with E-state index in [2.05, 4.69) is 24.2 Å². The van der Waals surface area contributed by atoms with Gasteiger partial charge in [-0.1, -0.05) is 37.5 Å². The predicted octanol–water partition coefficient (Wildman–Crippen LogP) is 3.66. The second-order valence-electron chi connectivity index (χ2n) is 6.56. The number of benzene rings is 1. The highest BCUT2D eigenvalue weighted by molar-refractivity contribution is 6.02. The Bertz CT molecular complexity index is 544. The molecule has 1 N–H and O–H groups in total. The standard InChI is InChI=1S/C19H31N5/c1-5-24(4)19(23(2)3)22-18(20-16-12-8-6-9-13-16)21-17-14-10-7-11-15-17/h6,8-9,12-13,17H,5,7,10-11,14-15H2,1-4H3,(H,20,21). The Morgan fingerprint density at radius 1 is 1.08 bits per heavy atom. The third-order valence-corrected chi connectivity index (χ3v) is 4.33. The third-order valence-electron chi connectivity index (χ3n) is 4.33. The molecule has 1 aromatic carbocycles. The van der Waals surface area contributed by atoms with Gasteiger partial charge in [-0.25, -0.2) is 4.99 Å². The first-order valence-electron chi connectivity index (χ1n) is 8.97. The molecule has 0 spiro atoms. The average molecular weight is 329 g/mol. The van der Waals surface area contributed by atoms with Gasteiger partial charge in [-0.2, -0.15) is 4.99 Å². The molecule has 0 heterocycles. The number of hydrogen-bond acceptors (Lipinski definition) is 1. The molecule has 0 atom stereocenters. The summed E-state index contributed by atoms with van der Waals surface area (Å²) in [4.78, 5) is 13.9. The first kappa shape index (κ1) is 18.3. The van der Waals surface area contributed by atoms with Gasteiger partial charge in [0.05, 0.1) is 6.04 Å². The number of para-hydroxylation sites is 1. The number of rotatable bonds is 3. The minimum Gasteiger partial charge on any atom is -0.349 e. The number of nitrogens with one attached hydrogen (secondary N) is 1. The highest BCUT2D eigenvalue weighted by Crippen LogP contribution is 2.21. The van der Waals surface area contributed by atoms with Crippen LogP contribution in [-0.4, -0.2) is 55.4 Å². The SMILES string of the molecule is CCN(C)C(=NC(=NC1CCCCC1)Nc1ccccc1)N(C)C. The zero-order valence-electron chi connectivity index (χ0n) is 15.5. The summed E-state index contributed by atoms with van der Waals surface area (Å²) in [6, 6.07) is 10.5. The van der Waals surface area contributed by atoms with Gasteiger partial charge in [-0.3, -0.25) is 0 Å². The lowest BCUT2D eigenvalue weighted by molar-refractivity contribution is 0.438. The van der Waals surface area contributed by atoms with Crippen LogP contribution in [0.4, 0.5) is 5.69 Å². The molecule has 5 heteroatoms. The molecule has 2 rings (SSSR count). The van der Waals surface area contributed by atoms with Gasteiger partial charge in [0.25, 0.3) is 0 Å². The van der Waals surface area contributed by atoms with Gasteiger partial charge in [0.15, 0.2) is 0 Å². The minimum atomic E-state index is 0.379. The lowest BCUT2D eigenvalue weighted by Gasteiger charge is -2.26. The van der Waals surface area contributed by atoms with Crippen LogP contribution in [0.2, 0.25) is 0 Å². The smallest absolute Gasteiger partial charge is 0.226 e. The molecule has 0 unspecified atom stereocenters. The molecule has 1 aliphatic carbocycles. The Kier molecular flexibility index (Phi) is 7.09. The van der Waals surface area contributed by atoms with E-state index in [1.54, 1.807) is 0 Å². The van der Waals surface area contributed by atoms with Crippen molar-refractivity contribution >= 4 is 17.6 Å². The predicted molar refractivity (Wildman–Crippen MR) is 104 cm³/mol. The van der Waals surface area contributed by atoms with E-state index in [0.29, 0.717) is 12.0 Å². The quantitative estimate of drug-likeness (QED) is 0.680. The van der Waals surface area contributed by atoms with Crippen molar-refractivity contribution in [2.45, 2.75) is 45.1 Å². The number of anilines is 1. The molecule has 132 valence electrons. The molecule has 5 nitrogen and oxygen atoms in total. The summed E-state index contributed by atoms with van der Waals surface area (Å²) in [6.45, 7) is 3.03. The van der Waals surface area contributed by atoms with Gasteiger partial charge in [-0.05, 0) is 31.9 Å². The number of hydrogen-bond donors (Lipinski definition) is 1. The van der Waals surface area contributed by atoms with Crippen molar-refractivity contribution in [3.8, 4) is 0 Å². The van der Waals surface area contributed by atoms with Crippen LogP contribution in [0.1, 0.15) is 39.0 Å². The molecule has 1 aromatic rings. The third kappa shape index (κ3) is 5.55. The summed E-state index contributed by atoms with van der Waals surface area (Å²) in [5.74, 6) is 1.62. The molecule has 0 saturated heterocycles. The number of guanidine groups is 2. The van der Waals surface area contributed by atoms with Gasteiger partial charge in [-0.15, -0.1) is 0 Å². The van der Waals surface area contributed by atoms with Gasteiger partial charge in [0.1, 0.15) is 0 Å². The van der Waals surface area contributed by atoms with Gasteiger partial charge < -0.3 is 15.1 Å². The maximum absolute atomic E-state index is 4.93. The Morgan fingerprint density at radius 3 is 2.33 bits per heavy atom. The normalized spacial score (nSPS) is 16.8. The van der Waals surface area contributed by atoms with Gasteiger partial charge >= 0.3 is 0 Å². The fourth-order valence-electron chi connectivity index (χ4n) is 2.89. The Hall–Kier alpha value is -2.04. The molecule has 1 saturated carbocycles. The summed E-state index contributed by atoms with van der Waals surface area (Å²) >= 11 is 0. The van der Waals surface area contributed by atoms with Crippen LogP contribution in [0.5, 0.6) is 0 Å². The zero-order valence-corrected chi connectivity index (χ0v) is 15.5. The fourth-order valence-corrected chi connectivity index (χ4v) is 2.89. The van der Waals surface area contributed by atoms with Gasteiger partial charge in [0.2, 0.25) is 11.9 Å². The van der Waals surface area contributed by atoms with E-state index in [1.807, 2.05) is 49.3 Å². The lowest BCUT2D eigenvalue weighted by Crippen LogP contribution is -2.39. The van der Waals surface area contributed by atoms with Crippen molar-refractivity contribution < 1.29 is 0 Å². The number of nitrogens with zero attached hydrogens (tertiary/aromatic N) is 4. The molecular formula is C19H31N5. The first-order chi connectivity index (χ1) is 11.6. The molecular weight excluding hydrogens is 298 g/mol. The fraction of sp³-hybridized carbons (Fsp3) is 0.579. The molecule has 0 aliphatic heterocycles. The Labute approximate surface area is 146 Å². The van der Waals surface area contributed by atoms with E-state index in [9.17, 15) is 0 Å². The lowest BCUT2D eigenvalue weighted by atomic mass is 9.96. The summed E-state index contributed by atoms with van der Waals surface area (Å²) in [7, 11) is 6.09. The monoisotopic (exact) mass is 329 g/mol. The topological polar surface area (TPSA) is 43.2 Å². The van der Waals surface area contributed by atoms with E-state index in [1.165, 1.54) is 19.3 Å². The summed E-state index contributed by atoms with van der Waals surface area (Å²) in [5.41, 5.74) is 1.02. The highest BCUT2D eigenvalue weighted by Gasteiger charge is 2.15. The highest BCUT2D eigenvalue weighted by atomic mass is 15.4. The molecule has 0 amide bonds. The minimum absolute atomic E-state index is 0.379. The van der Waals surface area contributed by atoms with Crippen LogP contribution in [0, 0.1) is 0 Å². The van der Waals surface area contributed by atoms with E-state index >= 15 is 0 Å². The van der Waals surface area contributed by atoms with E-state index < -0.39 is 0 Å². The summed E-state index contributed by atoms with van der Waals surface area (Å²) in [5, 5.41) is 3.40. The van der Waals surface area contributed by atoms with Crippen molar-refractivity contribution in [1.29, 1.82) is 0 Å². The molecule has 0 aromatic heterocycles. The van der Waals surface area contributed by atoms with Crippen LogP contribution in [0.25, 0.3) is 0 Å². The Morgan fingerprint density at radius 2 is 1.75 bits per heavy atom. The summed E-state index contributed by atoms with van der Waals surface area (Å²) in [6.07, 6.45) is 6.20. The average Bonchev–Trinajstić information content (AvgIpc) is 2.60. The van der Waals surface area contributed by atoms with Crippen LogP contribution >= 0.6 is 0 Å².